The quantitative estimate of drug-likeness (QED) is 0.267. The van der Waals surface area contributed by atoms with Crippen molar-refractivity contribution in [3.05, 3.63) is 0 Å². The summed E-state index contributed by atoms with van der Waals surface area (Å²) in [6.45, 7) is -1.06. The van der Waals surface area contributed by atoms with Gasteiger partial charge in [-0.05, 0) is 0 Å². The van der Waals surface area contributed by atoms with Crippen LogP contribution in [0.3, 0.4) is 0 Å². The Hall–Kier alpha value is -0.400. The first-order valence-electron chi connectivity index (χ1n) is 7.05. The molecule has 10 nitrogen and oxygen atoms in total. The Kier molecular flexibility index (Phi) is 6.07. The van der Waals surface area contributed by atoms with Crippen LogP contribution < -0.4 is 5.73 Å². The minimum absolute atomic E-state index is 0.100. The summed E-state index contributed by atoms with van der Waals surface area (Å²) >= 11 is 0. The normalized spacial score (nSPS) is 50.0. The average molecular weight is 325 g/mol. The molecule has 2 saturated heterocycles. The van der Waals surface area contributed by atoms with Crippen LogP contribution in [0.5, 0.6) is 0 Å². The van der Waals surface area contributed by atoms with E-state index in [9.17, 15) is 25.5 Å². The van der Waals surface area contributed by atoms with E-state index in [2.05, 4.69) is 0 Å². The topological polar surface area (TPSA) is 175 Å². The molecule has 8 N–H and O–H groups in total. The van der Waals surface area contributed by atoms with E-state index in [0.717, 1.165) is 0 Å². The lowest BCUT2D eigenvalue weighted by molar-refractivity contribution is -0.319. The SMILES string of the molecule is N[C@H]1C(O)O[C@H](CO)[C@@H](O[C@H]2C[C@@H](O)[C@@H](O)[C@@H](CO)O2)[C@@H]1O. The van der Waals surface area contributed by atoms with Crippen molar-refractivity contribution in [2.45, 2.75) is 61.7 Å². The Morgan fingerprint density at radius 2 is 1.59 bits per heavy atom. The Morgan fingerprint density at radius 1 is 0.955 bits per heavy atom. The number of aliphatic hydroxyl groups excluding tert-OH is 6. The molecule has 9 atom stereocenters. The molecule has 0 saturated carbocycles. The van der Waals surface area contributed by atoms with E-state index in [0.29, 0.717) is 0 Å². The van der Waals surface area contributed by atoms with Gasteiger partial charge in [-0.1, -0.05) is 0 Å². The molecule has 1 unspecified atom stereocenters. The number of rotatable bonds is 4. The highest BCUT2D eigenvalue weighted by atomic mass is 16.7. The largest absolute Gasteiger partial charge is 0.394 e. The van der Waals surface area contributed by atoms with E-state index in [1.54, 1.807) is 0 Å². The highest BCUT2D eigenvalue weighted by Crippen LogP contribution is 2.27. The zero-order chi connectivity index (χ0) is 16.4. The van der Waals surface area contributed by atoms with Gasteiger partial charge in [-0.25, -0.2) is 0 Å². The second-order valence-electron chi connectivity index (χ2n) is 5.50. The molecule has 2 aliphatic heterocycles. The molecule has 0 aromatic carbocycles. The lowest BCUT2D eigenvalue weighted by Crippen LogP contribution is -2.64. The maximum atomic E-state index is 10.1. The van der Waals surface area contributed by atoms with Gasteiger partial charge in [0, 0.05) is 6.42 Å². The molecule has 0 aliphatic carbocycles. The van der Waals surface area contributed by atoms with Crippen molar-refractivity contribution in [1.29, 1.82) is 0 Å². The van der Waals surface area contributed by atoms with Crippen molar-refractivity contribution >= 4 is 0 Å². The van der Waals surface area contributed by atoms with Gasteiger partial charge in [-0.2, -0.15) is 0 Å². The van der Waals surface area contributed by atoms with Crippen LogP contribution in [0.4, 0.5) is 0 Å². The fourth-order valence-corrected chi connectivity index (χ4v) is 2.60. The van der Waals surface area contributed by atoms with Gasteiger partial charge < -0.3 is 50.6 Å². The average Bonchev–Trinajstić information content (AvgIpc) is 2.50. The number of hydrogen-bond donors (Lipinski definition) is 7. The lowest BCUT2D eigenvalue weighted by atomic mass is 9.97. The van der Waals surface area contributed by atoms with E-state index >= 15 is 0 Å². The summed E-state index contributed by atoms with van der Waals surface area (Å²) in [6.07, 6.45) is -9.54. The minimum Gasteiger partial charge on any atom is -0.394 e. The summed E-state index contributed by atoms with van der Waals surface area (Å²) < 4.78 is 15.8. The molecular weight excluding hydrogens is 302 g/mol. The molecule has 10 heteroatoms. The molecule has 0 bridgehead atoms. The zero-order valence-electron chi connectivity index (χ0n) is 11.8. The van der Waals surface area contributed by atoms with Crippen LogP contribution >= 0.6 is 0 Å². The highest BCUT2D eigenvalue weighted by Gasteiger charge is 2.46. The van der Waals surface area contributed by atoms with Gasteiger partial charge >= 0.3 is 0 Å². The molecule has 22 heavy (non-hydrogen) atoms. The smallest absolute Gasteiger partial charge is 0.173 e. The fraction of sp³-hybridized carbons (Fsp3) is 1.00. The van der Waals surface area contributed by atoms with Gasteiger partial charge in [0.25, 0.3) is 0 Å². The van der Waals surface area contributed by atoms with Crippen LogP contribution in [-0.4, -0.2) is 99.1 Å². The number of ether oxygens (including phenoxy) is 3. The van der Waals surface area contributed by atoms with Gasteiger partial charge in [0.05, 0.1) is 25.4 Å². The third-order valence-electron chi connectivity index (χ3n) is 3.95. The summed E-state index contributed by atoms with van der Waals surface area (Å²) in [4.78, 5) is 0. The van der Waals surface area contributed by atoms with Crippen molar-refractivity contribution in [2.24, 2.45) is 5.73 Å². The maximum absolute atomic E-state index is 10.1. The first-order chi connectivity index (χ1) is 10.4. The van der Waals surface area contributed by atoms with Gasteiger partial charge in [-0.3, -0.25) is 0 Å². The van der Waals surface area contributed by atoms with Crippen LogP contribution in [0, 0.1) is 0 Å². The third-order valence-corrected chi connectivity index (χ3v) is 3.95. The van der Waals surface area contributed by atoms with Crippen molar-refractivity contribution in [2.75, 3.05) is 13.2 Å². The van der Waals surface area contributed by atoms with E-state index in [-0.39, 0.29) is 6.42 Å². The highest BCUT2D eigenvalue weighted by molar-refractivity contribution is 4.93. The minimum atomic E-state index is -1.45. The number of hydrogen-bond acceptors (Lipinski definition) is 10. The predicted octanol–water partition coefficient (Wildman–Crippen LogP) is -4.40. The van der Waals surface area contributed by atoms with E-state index in [4.69, 9.17) is 25.1 Å². The zero-order valence-corrected chi connectivity index (χ0v) is 11.8. The third kappa shape index (κ3) is 3.57. The van der Waals surface area contributed by atoms with Crippen molar-refractivity contribution in [1.82, 2.24) is 0 Å². The second kappa shape index (κ2) is 7.45. The first kappa shape index (κ1) is 17.9. The van der Waals surface area contributed by atoms with Crippen molar-refractivity contribution in [3.63, 3.8) is 0 Å². The van der Waals surface area contributed by atoms with Crippen LogP contribution in [0.2, 0.25) is 0 Å². The molecule has 2 fully saturated rings. The predicted molar refractivity (Wildman–Crippen MR) is 69.2 cm³/mol. The standard InChI is InChI=1S/C12H23NO9/c13-8-10(18)11(6(3-15)21-12(8)19)22-7-1-4(16)9(17)5(2-14)20-7/h4-12,14-19H,1-3,13H2/t4-,5-,6-,7+,8-,9-,10-,11-,12?/m1/s1. The summed E-state index contributed by atoms with van der Waals surface area (Å²) in [5.74, 6) is 0. The molecule has 2 rings (SSSR count). The summed E-state index contributed by atoms with van der Waals surface area (Å²) in [7, 11) is 0. The van der Waals surface area contributed by atoms with Gasteiger partial charge in [0.2, 0.25) is 0 Å². The Labute approximate surface area is 126 Å². The molecule has 0 spiro atoms. The summed E-state index contributed by atoms with van der Waals surface area (Å²) in [5.41, 5.74) is 5.58. The fourth-order valence-electron chi connectivity index (χ4n) is 2.60. The van der Waals surface area contributed by atoms with Gasteiger partial charge in [0.15, 0.2) is 12.6 Å². The second-order valence-corrected chi connectivity index (χ2v) is 5.50. The molecule has 0 amide bonds. The first-order valence-corrected chi connectivity index (χ1v) is 7.05. The summed E-state index contributed by atoms with van der Waals surface area (Å²) in [5, 5.41) is 57.3. The Bertz CT molecular complexity index is 357. The van der Waals surface area contributed by atoms with E-state index < -0.39 is 68.5 Å². The molecule has 0 radical (unpaired) electrons. The molecular formula is C12H23NO9. The van der Waals surface area contributed by atoms with Crippen LogP contribution in [0.15, 0.2) is 0 Å². The van der Waals surface area contributed by atoms with Crippen LogP contribution in [0.25, 0.3) is 0 Å². The summed E-state index contributed by atoms with van der Waals surface area (Å²) in [6, 6.07) is -1.14. The van der Waals surface area contributed by atoms with Crippen LogP contribution in [-0.2, 0) is 14.2 Å². The monoisotopic (exact) mass is 325 g/mol. The molecule has 2 heterocycles. The molecule has 0 aromatic heterocycles. The van der Waals surface area contributed by atoms with Gasteiger partial charge in [0.1, 0.15) is 30.5 Å². The molecule has 130 valence electrons. The lowest BCUT2D eigenvalue weighted by Gasteiger charge is -2.44. The van der Waals surface area contributed by atoms with Gasteiger partial charge in [-0.15, -0.1) is 0 Å². The molecule has 0 aromatic rings. The van der Waals surface area contributed by atoms with Crippen molar-refractivity contribution < 1.29 is 44.8 Å². The van der Waals surface area contributed by atoms with E-state index in [1.807, 2.05) is 0 Å². The number of nitrogens with two attached hydrogens (primary N) is 1. The maximum Gasteiger partial charge on any atom is 0.173 e. The molecule has 2 aliphatic rings. The number of aliphatic hydroxyl groups is 6. The van der Waals surface area contributed by atoms with Crippen molar-refractivity contribution in [3.8, 4) is 0 Å². The Morgan fingerprint density at radius 3 is 2.18 bits per heavy atom. The van der Waals surface area contributed by atoms with Crippen LogP contribution in [0.1, 0.15) is 6.42 Å². The van der Waals surface area contributed by atoms with E-state index in [1.165, 1.54) is 0 Å². The Balaban J connectivity index is 2.04.